The predicted molar refractivity (Wildman–Crippen MR) is 150 cm³/mol. The van der Waals surface area contributed by atoms with Crippen molar-refractivity contribution in [3.63, 3.8) is 0 Å². The Bertz CT molecular complexity index is 1340. The van der Waals surface area contributed by atoms with Crippen molar-refractivity contribution in [2.24, 2.45) is 10.4 Å². The molecule has 2 aliphatic rings. The first kappa shape index (κ1) is 21.3. The summed E-state index contributed by atoms with van der Waals surface area (Å²) < 4.78 is 6.12. The third-order valence-corrected chi connectivity index (χ3v) is 15.1. The molecule has 0 aromatic heterocycles. The van der Waals surface area contributed by atoms with E-state index in [1.165, 1.54) is 26.5 Å². The van der Waals surface area contributed by atoms with E-state index >= 15 is 0 Å². The Hall–Kier alpha value is -3.24. The van der Waals surface area contributed by atoms with Gasteiger partial charge in [-0.15, -0.1) is 4.52 Å². The number of hydrogen-bond donors (Lipinski definition) is 0. The Kier molecular flexibility index (Phi) is 5.54. The van der Waals surface area contributed by atoms with E-state index in [2.05, 4.69) is 151 Å². The number of hydrogen-bond acceptors (Lipinski definition) is 1. The highest BCUT2D eigenvalue weighted by atomic mass is 31.2. The van der Waals surface area contributed by atoms with Crippen molar-refractivity contribution in [3.8, 4) is 0 Å². The summed E-state index contributed by atoms with van der Waals surface area (Å²) in [6.45, 7) is 0. The summed E-state index contributed by atoms with van der Waals surface area (Å²) in [5, 5.41) is 6.75. The fourth-order valence-electron chi connectivity index (χ4n) is 5.04. The first-order valence-corrected chi connectivity index (χ1v) is 15.2. The zero-order valence-corrected chi connectivity index (χ0v) is 20.6. The van der Waals surface area contributed by atoms with Gasteiger partial charge in [-0.05, 0) is 24.3 Å². The molecule has 0 radical (unpaired) electrons. The number of rotatable bonds is 5. The van der Waals surface area contributed by atoms with E-state index in [4.69, 9.17) is 4.52 Å². The van der Waals surface area contributed by atoms with E-state index in [0.29, 0.717) is 0 Å². The maximum atomic E-state index is 6.12. The molecule has 1 aliphatic carbocycles. The molecule has 3 heteroatoms. The van der Waals surface area contributed by atoms with Crippen LogP contribution in [0.2, 0.25) is 0 Å². The van der Waals surface area contributed by atoms with Crippen LogP contribution in [0, 0.1) is 5.92 Å². The van der Waals surface area contributed by atoms with Gasteiger partial charge in [0.1, 0.15) is 15.9 Å². The summed E-state index contributed by atoms with van der Waals surface area (Å²) in [5.41, 5.74) is 0. The zero-order chi connectivity index (χ0) is 22.8. The first-order chi connectivity index (χ1) is 16.8. The molecule has 0 amide bonds. The topological polar surface area (TPSA) is 12.4 Å². The molecule has 1 nitrogen and oxygen atoms in total. The molecule has 1 heterocycles. The van der Waals surface area contributed by atoms with Crippen LogP contribution in [-0.2, 0) is 0 Å². The van der Waals surface area contributed by atoms with Crippen molar-refractivity contribution >= 4 is 35.7 Å². The molecular formula is C31H26NP2+. The summed E-state index contributed by atoms with van der Waals surface area (Å²) in [5.74, 6) is 2.85. The molecule has 0 atom stereocenters. The Morgan fingerprint density at radius 3 is 1.38 bits per heavy atom. The maximum Gasteiger partial charge on any atom is 0.225 e. The van der Waals surface area contributed by atoms with Crippen molar-refractivity contribution in [1.29, 1.82) is 0 Å². The SMILES string of the molecule is C1=CC(C2=CP(c3ccccc3)(c3ccccc3)=N[P+]2(c2ccccc2)c2ccccc2)C=C1. The van der Waals surface area contributed by atoms with Crippen LogP contribution >= 0.6 is 14.5 Å². The van der Waals surface area contributed by atoms with Gasteiger partial charge in [0.05, 0.1) is 13.0 Å². The molecule has 34 heavy (non-hydrogen) atoms. The largest absolute Gasteiger partial charge is 0.225 e. The van der Waals surface area contributed by atoms with Crippen LogP contribution in [0.15, 0.2) is 161 Å². The number of nitrogens with zero attached hydrogens (tertiary/aromatic N) is 1. The molecule has 0 fully saturated rings. The molecule has 0 N–H and O–H groups in total. The number of benzene rings is 4. The van der Waals surface area contributed by atoms with Crippen LogP contribution in [0.1, 0.15) is 0 Å². The van der Waals surface area contributed by atoms with Crippen molar-refractivity contribution in [2.75, 3.05) is 0 Å². The minimum Gasteiger partial charge on any atom is -0.121 e. The van der Waals surface area contributed by atoms with Crippen LogP contribution in [0.25, 0.3) is 0 Å². The first-order valence-electron chi connectivity index (χ1n) is 11.7. The van der Waals surface area contributed by atoms with Gasteiger partial charge >= 0.3 is 0 Å². The Morgan fingerprint density at radius 2 is 0.941 bits per heavy atom. The van der Waals surface area contributed by atoms with Gasteiger partial charge in [0, 0.05) is 16.4 Å². The summed E-state index contributed by atoms with van der Waals surface area (Å²) in [6, 6.07) is 43.9. The number of allylic oxidation sites excluding steroid dienone is 5. The normalized spacial score (nSPS) is 17.9. The highest BCUT2D eigenvalue weighted by Gasteiger charge is 2.56. The average molecular weight is 475 g/mol. The van der Waals surface area contributed by atoms with Crippen molar-refractivity contribution in [3.05, 3.63) is 157 Å². The van der Waals surface area contributed by atoms with Gasteiger partial charge in [0.25, 0.3) is 0 Å². The lowest BCUT2D eigenvalue weighted by molar-refractivity contribution is 1.07. The van der Waals surface area contributed by atoms with Crippen molar-refractivity contribution < 1.29 is 0 Å². The summed E-state index contributed by atoms with van der Waals surface area (Å²) in [4.78, 5) is 0. The van der Waals surface area contributed by atoms with Crippen LogP contribution in [0.5, 0.6) is 0 Å². The van der Waals surface area contributed by atoms with Crippen LogP contribution in [-0.4, -0.2) is 0 Å². The molecule has 0 saturated heterocycles. The van der Waals surface area contributed by atoms with Crippen LogP contribution in [0.4, 0.5) is 0 Å². The van der Waals surface area contributed by atoms with E-state index in [0.717, 1.165) is 0 Å². The molecule has 6 rings (SSSR count). The minimum atomic E-state index is -2.23. The van der Waals surface area contributed by atoms with Gasteiger partial charge < -0.3 is 0 Å². The lowest BCUT2D eigenvalue weighted by Crippen LogP contribution is -2.23. The van der Waals surface area contributed by atoms with E-state index in [1.807, 2.05) is 0 Å². The summed E-state index contributed by atoms with van der Waals surface area (Å²) >= 11 is 0. The molecule has 0 bridgehead atoms. The quantitative estimate of drug-likeness (QED) is 0.276. The van der Waals surface area contributed by atoms with Crippen molar-refractivity contribution in [1.82, 2.24) is 0 Å². The molecular weight excluding hydrogens is 448 g/mol. The van der Waals surface area contributed by atoms with Gasteiger partial charge in [-0.3, -0.25) is 0 Å². The second kappa shape index (κ2) is 8.84. The van der Waals surface area contributed by atoms with Crippen LogP contribution in [0.3, 0.4) is 0 Å². The average Bonchev–Trinajstić information content (AvgIpc) is 3.59. The fraction of sp³-hybridized carbons (Fsp3) is 0.0323. The smallest absolute Gasteiger partial charge is 0.121 e. The van der Waals surface area contributed by atoms with Gasteiger partial charge in [-0.1, -0.05) is 121 Å². The highest BCUT2D eigenvalue weighted by Crippen LogP contribution is 2.79. The standard InChI is InChI=1S/C31H26NP2/c1-5-17-27(18-6-1)33(28-19-7-2-8-20-28)25-31(26-15-13-14-16-26)34(32-33,29-21-9-3-10-22-29)30-23-11-4-12-24-30/h1-26H/q+1. The third-order valence-electron chi connectivity index (χ3n) is 6.62. The van der Waals surface area contributed by atoms with E-state index in [9.17, 15) is 0 Å². The molecule has 0 unspecified atom stereocenters. The Labute approximate surface area is 202 Å². The van der Waals surface area contributed by atoms with E-state index < -0.39 is 14.5 Å². The molecule has 4 aromatic rings. The van der Waals surface area contributed by atoms with Crippen molar-refractivity contribution in [2.45, 2.75) is 0 Å². The Balaban J connectivity index is 1.77. The monoisotopic (exact) mass is 474 g/mol. The lowest BCUT2D eigenvalue weighted by Gasteiger charge is -2.24. The molecule has 1 aliphatic heterocycles. The summed E-state index contributed by atoms with van der Waals surface area (Å²) in [6.07, 6.45) is 9.02. The van der Waals surface area contributed by atoms with Gasteiger partial charge in [0.15, 0.2) is 0 Å². The molecule has 4 aromatic carbocycles. The second-order valence-electron chi connectivity index (χ2n) is 8.60. The zero-order valence-electron chi connectivity index (χ0n) is 18.9. The van der Waals surface area contributed by atoms with Crippen LogP contribution < -0.4 is 21.2 Å². The van der Waals surface area contributed by atoms with E-state index in [1.54, 1.807) is 0 Å². The summed E-state index contributed by atoms with van der Waals surface area (Å²) in [7, 11) is -4.40. The molecule has 0 saturated carbocycles. The maximum absolute atomic E-state index is 6.12. The van der Waals surface area contributed by atoms with E-state index in [-0.39, 0.29) is 5.92 Å². The van der Waals surface area contributed by atoms with Gasteiger partial charge in [0.2, 0.25) is 7.41 Å². The minimum absolute atomic E-state index is 0.256. The Morgan fingerprint density at radius 1 is 0.529 bits per heavy atom. The molecule has 0 spiro atoms. The fourth-order valence-corrected chi connectivity index (χ4v) is 15.3. The highest BCUT2D eigenvalue weighted by molar-refractivity contribution is 8.01. The van der Waals surface area contributed by atoms with Gasteiger partial charge in [-0.25, -0.2) is 0 Å². The lowest BCUT2D eigenvalue weighted by atomic mass is 10.2. The third kappa shape index (κ3) is 3.40. The van der Waals surface area contributed by atoms with Gasteiger partial charge in [-0.2, -0.15) is 0 Å². The second-order valence-corrected chi connectivity index (χ2v) is 14.8. The molecule has 164 valence electrons. The predicted octanol–water partition coefficient (Wildman–Crippen LogP) is 7.02.